The topological polar surface area (TPSA) is 78.3 Å². The highest BCUT2D eigenvalue weighted by atomic mass is 16.7. The highest BCUT2D eigenvalue weighted by molar-refractivity contribution is 5.88. The third-order valence-electron chi connectivity index (χ3n) is 1.92. The van der Waals surface area contributed by atoms with Gasteiger partial charge in [0.25, 0.3) is 0 Å². The van der Waals surface area contributed by atoms with Crippen molar-refractivity contribution in [3.05, 3.63) is 66.2 Å². The van der Waals surface area contributed by atoms with E-state index in [-0.39, 0.29) is 0 Å². The third kappa shape index (κ3) is 4.81. The van der Waals surface area contributed by atoms with E-state index in [0.717, 1.165) is 5.69 Å². The standard InChI is InChI=1S/C7H7NO2.C6H7N/c8-10-7(9)6-4-2-1-3-5-6;7-6-4-2-1-3-5-6/h1-5H,8H2;1-5H,7H2. The lowest BCUT2D eigenvalue weighted by Crippen LogP contribution is -2.09. The minimum Gasteiger partial charge on any atom is -0.399 e. The molecule has 0 unspecified atom stereocenters. The maximum atomic E-state index is 10.7. The summed E-state index contributed by atoms with van der Waals surface area (Å²) in [6, 6.07) is 18.1. The first kappa shape index (κ1) is 12.7. The van der Waals surface area contributed by atoms with Gasteiger partial charge in [-0.1, -0.05) is 36.4 Å². The Balaban J connectivity index is 0.000000181. The number of hydrogen-bond donors (Lipinski definition) is 2. The van der Waals surface area contributed by atoms with E-state index in [1.807, 2.05) is 36.4 Å². The van der Waals surface area contributed by atoms with Gasteiger partial charge in [-0.3, -0.25) is 0 Å². The van der Waals surface area contributed by atoms with Crippen LogP contribution in [0.5, 0.6) is 0 Å². The zero-order valence-electron chi connectivity index (χ0n) is 9.24. The lowest BCUT2D eigenvalue weighted by Gasteiger charge is -1.94. The Hall–Kier alpha value is -2.33. The Morgan fingerprint density at radius 1 is 0.882 bits per heavy atom. The molecule has 0 spiro atoms. The van der Waals surface area contributed by atoms with Crippen molar-refractivity contribution in [3.63, 3.8) is 0 Å². The van der Waals surface area contributed by atoms with Crippen LogP contribution in [0.2, 0.25) is 0 Å². The van der Waals surface area contributed by atoms with Crippen molar-refractivity contribution in [1.29, 1.82) is 0 Å². The number of para-hydroxylation sites is 1. The van der Waals surface area contributed by atoms with Crippen molar-refractivity contribution < 1.29 is 9.63 Å². The van der Waals surface area contributed by atoms with Gasteiger partial charge in [-0.25, -0.2) is 4.79 Å². The average Bonchev–Trinajstić information content (AvgIpc) is 2.40. The summed E-state index contributed by atoms with van der Waals surface area (Å²) in [6.07, 6.45) is 0. The molecule has 4 N–H and O–H groups in total. The molecule has 0 aliphatic heterocycles. The fourth-order valence-corrected chi connectivity index (χ4v) is 1.10. The summed E-state index contributed by atoms with van der Waals surface area (Å²) in [4.78, 5) is 14.7. The molecule has 0 saturated heterocycles. The molecule has 17 heavy (non-hydrogen) atoms. The monoisotopic (exact) mass is 230 g/mol. The molecule has 2 rings (SSSR count). The average molecular weight is 230 g/mol. The summed E-state index contributed by atoms with van der Waals surface area (Å²) in [7, 11) is 0. The molecule has 0 atom stereocenters. The molecule has 4 heteroatoms. The van der Waals surface area contributed by atoms with Crippen LogP contribution in [0.3, 0.4) is 0 Å². The second-order valence-corrected chi connectivity index (χ2v) is 3.18. The Morgan fingerprint density at radius 3 is 1.71 bits per heavy atom. The Kier molecular flexibility index (Phi) is 5.27. The fourth-order valence-electron chi connectivity index (χ4n) is 1.10. The van der Waals surface area contributed by atoms with Gasteiger partial charge >= 0.3 is 5.97 Å². The molecule has 4 nitrogen and oxygen atoms in total. The second kappa shape index (κ2) is 7.03. The van der Waals surface area contributed by atoms with Crippen molar-refractivity contribution in [2.45, 2.75) is 0 Å². The largest absolute Gasteiger partial charge is 0.399 e. The molecular weight excluding hydrogens is 216 g/mol. The van der Waals surface area contributed by atoms with Crippen LogP contribution in [-0.2, 0) is 4.84 Å². The number of anilines is 1. The third-order valence-corrected chi connectivity index (χ3v) is 1.92. The molecule has 0 fully saturated rings. The maximum absolute atomic E-state index is 10.7. The molecule has 88 valence electrons. The van der Waals surface area contributed by atoms with E-state index >= 15 is 0 Å². The zero-order valence-corrected chi connectivity index (χ0v) is 9.24. The van der Waals surface area contributed by atoms with Crippen molar-refractivity contribution in [1.82, 2.24) is 0 Å². The minimum atomic E-state index is -0.513. The summed E-state index contributed by atoms with van der Waals surface area (Å²) >= 11 is 0. The number of hydrogen-bond acceptors (Lipinski definition) is 4. The lowest BCUT2D eigenvalue weighted by molar-refractivity contribution is 0.0503. The minimum absolute atomic E-state index is 0.463. The highest BCUT2D eigenvalue weighted by Gasteiger charge is 2.01. The zero-order chi connectivity index (χ0) is 12.5. The van der Waals surface area contributed by atoms with E-state index in [4.69, 9.17) is 5.73 Å². The molecule has 0 aliphatic rings. The molecule has 0 aliphatic carbocycles. The fraction of sp³-hybridized carbons (Fsp3) is 0. The first-order chi connectivity index (χ1) is 8.24. The van der Waals surface area contributed by atoms with Gasteiger partial charge in [-0.15, -0.1) is 0 Å². The summed E-state index contributed by atoms with van der Waals surface area (Å²) in [5.74, 6) is 4.14. The molecule has 0 saturated carbocycles. The molecule has 2 aromatic rings. The number of nitrogens with two attached hydrogens (primary N) is 2. The second-order valence-electron chi connectivity index (χ2n) is 3.18. The van der Waals surface area contributed by atoms with Crippen molar-refractivity contribution in [2.75, 3.05) is 5.73 Å². The van der Waals surface area contributed by atoms with Crippen molar-refractivity contribution >= 4 is 11.7 Å². The van der Waals surface area contributed by atoms with Crippen molar-refractivity contribution in [3.8, 4) is 0 Å². The van der Waals surface area contributed by atoms with Crippen LogP contribution in [-0.4, -0.2) is 5.97 Å². The summed E-state index contributed by atoms with van der Waals surface area (Å²) in [6.45, 7) is 0. The van der Waals surface area contributed by atoms with Gasteiger partial charge in [0.15, 0.2) is 0 Å². The van der Waals surface area contributed by atoms with Gasteiger partial charge in [-0.05, 0) is 24.3 Å². The Bertz CT molecular complexity index is 443. The normalized spacial score (nSPS) is 8.76. The first-order valence-corrected chi connectivity index (χ1v) is 5.00. The number of carbonyl (C=O) groups excluding carboxylic acids is 1. The number of rotatable bonds is 1. The van der Waals surface area contributed by atoms with Crippen molar-refractivity contribution in [2.24, 2.45) is 5.90 Å². The molecule has 0 aromatic heterocycles. The quantitative estimate of drug-likeness (QED) is 0.580. The van der Waals surface area contributed by atoms with Gasteiger partial charge in [-0.2, -0.15) is 5.90 Å². The first-order valence-electron chi connectivity index (χ1n) is 5.00. The van der Waals surface area contributed by atoms with Gasteiger partial charge in [0.2, 0.25) is 0 Å². The van der Waals surface area contributed by atoms with Crippen LogP contribution >= 0.6 is 0 Å². The SMILES string of the molecule is NOC(=O)c1ccccc1.Nc1ccccc1. The molecule has 0 bridgehead atoms. The molecule has 0 heterocycles. The van der Waals surface area contributed by atoms with Gasteiger partial charge < -0.3 is 10.6 Å². The summed E-state index contributed by atoms with van der Waals surface area (Å²) in [5.41, 5.74) is 6.64. The lowest BCUT2D eigenvalue weighted by atomic mass is 10.2. The molecule has 0 radical (unpaired) electrons. The van der Waals surface area contributed by atoms with E-state index in [1.165, 1.54) is 0 Å². The van der Waals surface area contributed by atoms with Crippen LogP contribution in [0.15, 0.2) is 60.7 Å². The number of nitrogen functional groups attached to an aromatic ring is 1. The molecule has 2 aromatic carbocycles. The van der Waals surface area contributed by atoms with E-state index < -0.39 is 5.97 Å². The Labute approximate surface area is 99.8 Å². The van der Waals surface area contributed by atoms with Crippen LogP contribution in [0.4, 0.5) is 5.69 Å². The number of benzene rings is 2. The van der Waals surface area contributed by atoms with Gasteiger partial charge in [0, 0.05) is 5.69 Å². The predicted molar refractivity (Wildman–Crippen MR) is 66.9 cm³/mol. The number of carbonyl (C=O) groups is 1. The molecular formula is C13H14N2O2. The van der Waals surface area contributed by atoms with E-state index in [1.54, 1.807) is 24.3 Å². The van der Waals surface area contributed by atoms with E-state index in [9.17, 15) is 4.79 Å². The van der Waals surface area contributed by atoms with Gasteiger partial charge in [0.05, 0.1) is 5.56 Å². The van der Waals surface area contributed by atoms with Crippen LogP contribution < -0.4 is 11.6 Å². The predicted octanol–water partition coefficient (Wildman–Crippen LogP) is 1.99. The van der Waals surface area contributed by atoms with Crippen LogP contribution in [0, 0.1) is 0 Å². The highest BCUT2D eigenvalue weighted by Crippen LogP contribution is 1.98. The van der Waals surface area contributed by atoms with E-state index in [0.29, 0.717) is 5.56 Å². The van der Waals surface area contributed by atoms with E-state index in [2.05, 4.69) is 10.7 Å². The maximum Gasteiger partial charge on any atom is 0.356 e. The smallest absolute Gasteiger partial charge is 0.356 e. The Morgan fingerprint density at radius 2 is 1.35 bits per heavy atom. The summed E-state index contributed by atoms with van der Waals surface area (Å²) in [5, 5.41) is 0. The molecule has 0 amide bonds. The van der Waals surface area contributed by atoms with Gasteiger partial charge in [0.1, 0.15) is 0 Å². The van der Waals surface area contributed by atoms with Crippen LogP contribution in [0.25, 0.3) is 0 Å². The van der Waals surface area contributed by atoms with Crippen LogP contribution in [0.1, 0.15) is 10.4 Å². The summed E-state index contributed by atoms with van der Waals surface area (Å²) < 4.78 is 0.